The highest BCUT2D eigenvalue weighted by Gasteiger charge is 2.40. The molecule has 1 amide bonds. The van der Waals surface area contributed by atoms with Crippen LogP contribution in [-0.4, -0.2) is 18.0 Å². The van der Waals surface area contributed by atoms with E-state index >= 15 is 0 Å². The Balaban J connectivity index is 1.93. The molecule has 0 aromatic heterocycles. The van der Waals surface area contributed by atoms with E-state index in [0.29, 0.717) is 30.3 Å². The van der Waals surface area contributed by atoms with Crippen molar-refractivity contribution in [2.75, 3.05) is 0 Å². The minimum atomic E-state index is 0.115. The fourth-order valence-electron chi connectivity index (χ4n) is 3.82. The van der Waals surface area contributed by atoms with Crippen molar-refractivity contribution in [1.29, 1.82) is 0 Å². The summed E-state index contributed by atoms with van der Waals surface area (Å²) in [6.07, 6.45) is 7.68. The monoisotopic (exact) mass is 266 g/mol. The van der Waals surface area contributed by atoms with Crippen molar-refractivity contribution in [1.82, 2.24) is 5.32 Å². The maximum atomic E-state index is 12.3. The van der Waals surface area contributed by atoms with Crippen molar-refractivity contribution in [2.45, 2.75) is 77.8 Å². The van der Waals surface area contributed by atoms with E-state index in [-0.39, 0.29) is 11.3 Å². The molecule has 2 fully saturated rings. The molecule has 3 N–H and O–H groups in total. The number of carbonyl (C=O) groups excluding carboxylic acids is 1. The third-order valence-electron chi connectivity index (χ3n) is 5.30. The van der Waals surface area contributed by atoms with Gasteiger partial charge in [0.2, 0.25) is 5.91 Å². The Bertz CT molecular complexity index is 313. The van der Waals surface area contributed by atoms with E-state index in [1.54, 1.807) is 0 Å². The van der Waals surface area contributed by atoms with Gasteiger partial charge in [0.1, 0.15) is 0 Å². The molecule has 3 heteroatoms. The van der Waals surface area contributed by atoms with E-state index in [9.17, 15) is 4.79 Å². The van der Waals surface area contributed by atoms with Crippen LogP contribution in [0.5, 0.6) is 0 Å². The van der Waals surface area contributed by atoms with Crippen LogP contribution >= 0.6 is 0 Å². The second kappa shape index (κ2) is 5.82. The van der Waals surface area contributed by atoms with Crippen LogP contribution in [0.3, 0.4) is 0 Å². The van der Waals surface area contributed by atoms with Crippen molar-refractivity contribution in [3.05, 3.63) is 0 Å². The van der Waals surface area contributed by atoms with Crippen molar-refractivity contribution in [3.63, 3.8) is 0 Å². The molecule has 2 unspecified atom stereocenters. The lowest BCUT2D eigenvalue weighted by Crippen LogP contribution is -2.54. The van der Waals surface area contributed by atoms with E-state index in [0.717, 1.165) is 19.3 Å². The van der Waals surface area contributed by atoms with Crippen molar-refractivity contribution in [3.8, 4) is 0 Å². The van der Waals surface area contributed by atoms with Gasteiger partial charge in [-0.15, -0.1) is 0 Å². The molecule has 110 valence electrons. The number of nitrogens with one attached hydrogen (secondary N) is 1. The zero-order chi connectivity index (χ0) is 14.0. The Morgan fingerprint density at radius 3 is 2.37 bits per heavy atom. The summed E-state index contributed by atoms with van der Waals surface area (Å²) in [5.41, 5.74) is 6.24. The summed E-state index contributed by atoms with van der Waals surface area (Å²) < 4.78 is 0. The van der Waals surface area contributed by atoms with Gasteiger partial charge in [-0.25, -0.2) is 0 Å². The molecule has 2 saturated carbocycles. The zero-order valence-electron chi connectivity index (χ0n) is 12.7. The van der Waals surface area contributed by atoms with Crippen LogP contribution in [0.4, 0.5) is 0 Å². The summed E-state index contributed by atoms with van der Waals surface area (Å²) in [5, 5.41) is 3.34. The van der Waals surface area contributed by atoms with Crippen LogP contribution in [0.15, 0.2) is 0 Å². The van der Waals surface area contributed by atoms with Crippen molar-refractivity contribution < 1.29 is 4.79 Å². The number of amides is 1. The SMILES string of the molecule is CCC(C)(C)CC(=O)NC1C2CCCC1CC(N)C2. The third-order valence-corrected chi connectivity index (χ3v) is 5.30. The first-order valence-electron chi connectivity index (χ1n) is 7.96. The first-order valence-corrected chi connectivity index (χ1v) is 7.96. The number of fused-ring (bicyclic) bond motifs is 2. The molecule has 0 radical (unpaired) electrons. The summed E-state index contributed by atoms with van der Waals surface area (Å²) >= 11 is 0. The molecule has 0 aliphatic heterocycles. The highest BCUT2D eigenvalue weighted by molar-refractivity contribution is 5.77. The molecule has 2 aliphatic carbocycles. The van der Waals surface area contributed by atoms with Gasteiger partial charge in [0.05, 0.1) is 0 Å². The molecule has 0 heterocycles. The highest BCUT2D eigenvalue weighted by atomic mass is 16.1. The van der Waals surface area contributed by atoms with E-state index < -0.39 is 0 Å². The smallest absolute Gasteiger partial charge is 0.220 e. The van der Waals surface area contributed by atoms with Gasteiger partial charge in [0.15, 0.2) is 0 Å². The van der Waals surface area contributed by atoms with Crippen LogP contribution in [-0.2, 0) is 4.79 Å². The highest BCUT2D eigenvalue weighted by Crippen LogP contribution is 2.39. The topological polar surface area (TPSA) is 55.1 Å². The summed E-state index contributed by atoms with van der Waals surface area (Å²) in [6.45, 7) is 6.50. The fourth-order valence-corrected chi connectivity index (χ4v) is 3.82. The molecule has 0 spiro atoms. The van der Waals surface area contributed by atoms with Crippen LogP contribution < -0.4 is 11.1 Å². The Morgan fingerprint density at radius 1 is 1.26 bits per heavy atom. The minimum absolute atomic E-state index is 0.115. The van der Waals surface area contributed by atoms with E-state index in [2.05, 4.69) is 26.1 Å². The number of rotatable bonds is 4. The lowest BCUT2D eigenvalue weighted by Gasteiger charge is -2.45. The predicted molar refractivity (Wildman–Crippen MR) is 78.7 cm³/mol. The Kier molecular flexibility index (Phi) is 4.54. The Labute approximate surface area is 117 Å². The van der Waals surface area contributed by atoms with Crippen LogP contribution in [0.25, 0.3) is 0 Å². The molecule has 2 bridgehead atoms. The third kappa shape index (κ3) is 3.71. The standard InChI is InChI=1S/C16H30N2O/c1-4-16(2,3)10-14(19)18-15-11-6-5-7-12(15)9-13(17)8-11/h11-13,15H,4-10,17H2,1-3H3,(H,18,19). The van der Waals surface area contributed by atoms with Gasteiger partial charge in [-0.2, -0.15) is 0 Å². The summed E-state index contributed by atoms with van der Waals surface area (Å²) in [7, 11) is 0. The molecule has 0 aromatic rings. The lowest BCUT2D eigenvalue weighted by atomic mass is 9.67. The molecule has 19 heavy (non-hydrogen) atoms. The van der Waals surface area contributed by atoms with Gasteiger partial charge in [0, 0.05) is 18.5 Å². The molecule has 2 aliphatic rings. The van der Waals surface area contributed by atoms with Gasteiger partial charge in [0.25, 0.3) is 0 Å². The van der Waals surface area contributed by atoms with Gasteiger partial charge in [-0.3, -0.25) is 4.79 Å². The van der Waals surface area contributed by atoms with Crippen molar-refractivity contribution >= 4 is 5.91 Å². The quantitative estimate of drug-likeness (QED) is 0.822. The maximum Gasteiger partial charge on any atom is 0.220 e. The van der Waals surface area contributed by atoms with Crippen LogP contribution in [0.2, 0.25) is 0 Å². The van der Waals surface area contributed by atoms with E-state index in [4.69, 9.17) is 5.73 Å². The van der Waals surface area contributed by atoms with Crippen molar-refractivity contribution in [2.24, 2.45) is 23.0 Å². The summed E-state index contributed by atoms with van der Waals surface area (Å²) in [6, 6.07) is 0.754. The van der Waals surface area contributed by atoms with Gasteiger partial charge in [-0.05, 0) is 42.9 Å². The Hall–Kier alpha value is -0.570. The van der Waals surface area contributed by atoms with Crippen LogP contribution in [0, 0.1) is 17.3 Å². The Morgan fingerprint density at radius 2 is 1.84 bits per heavy atom. The molecule has 0 aromatic carbocycles. The zero-order valence-corrected chi connectivity index (χ0v) is 12.7. The number of hydrogen-bond acceptors (Lipinski definition) is 2. The normalized spacial score (nSPS) is 34.9. The molecule has 2 rings (SSSR count). The van der Waals surface area contributed by atoms with Gasteiger partial charge < -0.3 is 11.1 Å². The largest absolute Gasteiger partial charge is 0.353 e. The summed E-state index contributed by atoms with van der Waals surface area (Å²) in [4.78, 5) is 12.3. The average molecular weight is 266 g/mol. The maximum absolute atomic E-state index is 12.3. The second-order valence-corrected chi connectivity index (χ2v) is 7.47. The van der Waals surface area contributed by atoms with Gasteiger partial charge >= 0.3 is 0 Å². The second-order valence-electron chi connectivity index (χ2n) is 7.47. The number of carbonyl (C=O) groups is 1. The molecular formula is C16H30N2O. The first kappa shape index (κ1) is 14.8. The molecule has 3 nitrogen and oxygen atoms in total. The number of hydrogen-bond donors (Lipinski definition) is 2. The fraction of sp³-hybridized carbons (Fsp3) is 0.938. The van der Waals surface area contributed by atoms with Crippen LogP contribution in [0.1, 0.15) is 65.7 Å². The lowest BCUT2D eigenvalue weighted by molar-refractivity contribution is -0.125. The summed E-state index contributed by atoms with van der Waals surface area (Å²) in [5.74, 6) is 1.48. The minimum Gasteiger partial charge on any atom is -0.353 e. The first-order chi connectivity index (χ1) is 8.91. The van der Waals surface area contributed by atoms with E-state index in [1.165, 1.54) is 19.3 Å². The number of nitrogens with two attached hydrogens (primary N) is 1. The molecule has 0 saturated heterocycles. The van der Waals surface area contributed by atoms with Gasteiger partial charge in [-0.1, -0.05) is 33.6 Å². The predicted octanol–water partition coefficient (Wildman–Crippen LogP) is 2.83. The molecular weight excluding hydrogens is 236 g/mol. The van der Waals surface area contributed by atoms with E-state index in [1.807, 2.05) is 0 Å². The molecule has 2 atom stereocenters. The average Bonchev–Trinajstić information content (AvgIpc) is 2.29.